The van der Waals surface area contributed by atoms with Crippen LogP contribution in [0.15, 0.2) is 36.4 Å². The van der Waals surface area contributed by atoms with Gasteiger partial charge in [0.15, 0.2) is 0 Å². The number of nitrogens with one attached hydrogen (secondary N) is 2. The first kappa shape index (κ1) is 13.6. The molecule has 2 aromatic rings. The average molecular weight is 295 g/mol. The fourth-order valence-electron chi connectivity index (χ4n) is 1.41. The van der Waals surface area contributed by atoms with Crippen LogP contribution in [0.5, 0.6) is 0 Å². The smallest absolute Gasteiger partial charge is 0.267 e. The molecule has 0 fully saturated rings. The zero-order chi connectivity index (χ0) is 13.8. The number of rotatable bonds is 2. The zero-order valence-electron chi connectivity index (χ0n) is 10.1. The number of thiophene rings is 1. The summed E-state index contributed by atoms with van der Waals surface area (Å²) in [6.07, 6.45) is 0. The second kappa shape index (κ2) is 5.86. The average Bonchev–Trinajstić information content (AvgIpc) is 2.83. The molecule has 0 radical (unpaired) electrons. The first-order valence-electron chi connectivity index (χ1n) is 5.49. The molecule has 1 aromatic heterocycles. The first-order chi connectivity index (χ1) is 9.06. The van der Waals surface area contributed by atoms with Gasteiger partial charge in [-0.15, -0.1) is 11.3 Å². The molecule has 1 heterocycles. The summed E-state index contributed by atoms with van der Waals surface area (Å²) in [4.78, 5) is 25.0. The lowest BCUT2D eigenvalue weighted by molar-refractivity contribution is 0.0849. The van der Waals surface area contributed by atoms with Crippen molar-refractivity contribution in [3.63, 3.8) is 0 Å². The maximum atomic E-state index is 11.7. The molecule has 19 heavy (non-hydrogen) atoms. The van der Waals surface area contributed by atoms with Crippen molar-refractivity contribution in [2.75, 3.05) is 0 Å². The van der Waals surface area contributed by atoms with Gasteiger partial charge in [-0.1, -0.05) is 11.6 Å². The number of halogens is 1. The van der Waals surface area contributed by atoms with Gasteiger partial charge in [0, 0.05) is 15.5 Å². The van der Waals surface area contributed by atoms with E-state index in [0.717, 1.165) is 4.88 Å². The topological polar surface area (TPSA) is 58.2 Å². The second-order valence-corrected chi connectivity index (χ2v) is 5.55. The van der Waals surface area contributed by atoms with Crippen LogP contribution in [0.4, 0.5) is 0 Å². The summed E-state index contributed by atoms with van der Waals surface area (Å²) >= 11 is 7.09. The SMILES string of the molecule is Cc1ccc(C(=O)NNC(=O)c2ccc(Cl)cc2)s1. The first-order valence-corrected chi connectivity index (χ1v) is 6.68. The lowest BCUT2D eigenvalue weighted by Gasteiger charge is -2.06. The highest BCUT2D eigenvalue weighted by molar-refractivity contribution is 7.13. The van der Waals surface area contributed by atoms with Crippen LogP contribution in [-0.2, 0) is 0 Å². The van der Waals surface area contributed by atoms with E-state index < -0.39 is 5.91 Å². The van der Waals surface area contributed by atoms with Crippen molar-refractivity contribution in [2.24, 2.45) is 0 Å². The number of hydrogen-bond donors (Lipinski definition) is 2. The molecule has 0 aliphatic carbocycles. The van der Waals surface area contributed by atoms with Crippen molar-refractivity contribution in [2.45, 2.75) is 6.92 Å². The molecule has 2 N–H and O–H groups in total. The van der Waals surface area contributed by atoms with Gasteiger partial charge in [0.1, 0.15) is 0 Å². The Morgan fingerprint density at radius 2 is 1.63 bits per heavy atom. The molecule has 0 saturated heterocycles. The van der Waals surface area contributed by atoms with Crippen LogP contribution in [0.25, 0.3) is 0 Å². The van der Waals surface area contributed by atoms with E-state index in [2.05, 4.69) is 10.9 Å². The van der Waals surface area contributed by atoms with Crippen LogP contribution >= 0.6 is 22.9 Å². The summed E-state index contributed by atoms with van der Waals surface area (Å²) in [5.74, 6) is -0.723. The maximum Gasteiger partial charge on any atom is 0.279 e. The van der Waals surface area contributed by atoms with E-state index in [0.29, 0.717) is 15.5 Å². The Bertz CT molecular complexity index is 607. The summed E-state index contributed by atoms with van der Waals surface area (Å²) in [6, 6.07) is 9.95. The summed E-state index contributed by atoms with van der Waals surface area (Å²) < 4.78 is 0. The number of hydrogen-bond acceptors (Lipinski definition) is 3. The highest BCUT2D eigenvalue weighted by Gasteiger charge is 2.10. The Morgan fingerprint density at radius 1 is 1.00 bits per heavy atom. The number of benzene rings is 1. The molecule has 2 rings (SSSR count). The molecule has 98 valence electrons. The Labute approximate surface area is 119 Å². The minimum Gasteiger partial charge on any atom is -0.267 e. The van der Waals surface area contributed by atoms with Crippen molar-refractivity contribution in [1.82, 2.24) is 10.9 Å². The molecule has 2 amide bonds. The van der Waals surface area contributed by atoms with Gasteiger partial charge in [0.2, 0.25) is 0 Å². The number of aryl methyl sites for hydroxylation is 1. The quantitative estimate of drug-likeness (QED) is 0.837. The van der Waals surface area contributed by atoms with Gasteiger partial charge in [-0.2, -0.15) is 0 Å². The molecule has 0 atom stereocenters. The molecule has 0 unspecified atom stereocenters. The van der Waals surface area contributed by atoms with Crippen LogP contribution in [0, 0.1) is 6.92 Å². The van der Waals surface area contributed by atoms with E-state index >= 15 is 0 Å². The van der Waals surface area contributed by atoms with Crippen LogP contribution in [-0.4, -0.2) is 11.8 Å². The van der Waals surface area contributed by atoms with Gasteiger partial charge in [-0.25, -0.2) is 0 Å². The van der Waals surface area contributed by atoms with Crippen molar-refractivity contribution < 1.29 is 9.59 Å². The summed E-state index contributed by atoms with van der Waals surface area (Å²) in [7, 11) is 0. The van der Waals surface area contributed by atoms with Gasteiger partial charge < -0.3 is 0 Å². The Balaban J connectivity index is 1.93. The largest absolute Gasteiger partial charge is 0.279 e. The van der Waals surface area contributed by atoms with E-state index in [1.165, 1.54) is 11.3 Å². The second-order valence-electron chi connectivity index (χ2n) is 3.83. The lowest BCUT2D eigenvalue weighted by Crippen LogP contribution is -2.41. The van der Waals surface area contributed by atoms with E-state index in [1.54, 1.807) is 30.3 Å². The Hall–Kier alpha value is -1.85. The molecule has 0 saturated carbocycles. The number of carbonyl (C=O) groups excluding carboxylic acids is 2. The van der Waals surface area contributed by atoms with Crippen molar-refractivity contribution in [1.29, 1.82) is 0 Å². The third-order valence-corrected chi connectivity index (χ3v) is 3.61. The van der Waals surface area contributed by atoms with E-state index in [1.807, 2.05) is 13.0 Å². The lowest BCUT2D eigenvalue weighted by atomic mass is 10.2. The van der Waals surface area contributed by atoms with E-state index in [4.69, 9.17) is 11.6 Å². The highest BCUT2D eigenvalue weighted by atomic mass is 35.5. The molecule has 0 spiro atoms. The van der Waals surface area contributed by atoms with Gasteiger partial charge in [-0.05, 0) is 43.3 Å². The predicted octanol–water partition coefficient (Wildman–Crippen LogP) is 2.78. The van der Waals surface area contributed by atoms with Gasteiger partial charge >= 0.3 is 0 Å². The fourth-order valence-corrected chi connectivity index (χ4v) is 2.29. The summed E-state index contributed by atoms with van der Waals surface area (Å²) in [5.41, 5.74) is 5.14. The molecule has 0 aliphatic rings. The Morgan fingerprint density at radius 3 is 2.21 bits per heavy atom. The van der Waals surface area contributed by atoms with Crippen molar-refractivity contribution in [3.8, 4) is 0 Å². The van der Waals surface area contributed by atoms with Crippen LogP contribution in [0.3, 0.4) is 0 Å². The van der Waals surface area contributed by atoms with Gasteiger partial charge in [0.05, 0.1) is 4.88 Å². The molecule has 6 heteroatoms. The molecule has 0 bridgehead atoms. The number of hydrazine groups is 1. The maximum absolute atomic E-state index is 11.7. The van der Waals surface area contributed by atoms with Crippen LogP contribution < -0.4 is 10.9 Å². The zero-order valence-corrected chi connectivity index (χ0v) is 11.6. The molecule has 4 nitrogen and oxygen atoms in total. The third kappa shape index (κ3) is 3.56. The van der Waals surface area contributed by atoms with Crippen molar-refractivity contribution in [3.05, 3.63) is 56.7 Å². The Kier molecular flexibility index (Phi) is 4.19. The third-order valence-electron chi connectivity index (χ3n) is 2.36. The minimum atomic E-state index is -0.390. The molecule has 0 aliphatic heterocycles. The van der Waals surface area contributed by atoms with Crippen LogP contribution in [0.1, 0.15) is 24.9 Å². The van der Waals surface area contributed by atoms with Crippen molar-refractivity contribution >= 4 is 34.8 Å². The number of carbonyl (C=O) groups is 2. The molecular weight excluding hydrogens is 284 g/mol. The van der Waals surface area contributed by atoms with E-state index in [-0.39, 0.29) is 5.91 Å². The number of amides is 2. The van der Waals surface area contributed by atoms with Gasteiger partial charge in [0.25, 0.3) is 11.8 Å². The highest BCUT2D eigenvalue weighted by Crippen LogP contribution is 2.14. The van der Waals surface area contributed by atoms with E-state index in [9.17, 15) is 9.59 Å². The van der Waals surface area contributed by atoms with Crippen LogP contribution in [0.2, 0.25) is 5.02 Å². The monoisotopic (exact) mass is 294 g/mol. The summed E-state index contributed by atoms with van der Waals surface area (Å²) in [5, 5.41) is 0.551. The molecule has 1 aromatic carbocycles. The van der Waals surface area contributed by atoms with Gasteiger partial charge in [-0.3, -0.25) is 20.4 Å². The minimum absolute atomic E-state index is 0.333. The predicted molar refractivity (Wildman–Crippen MR) is 75.4 cm³/mol. The normalized spacial score (nSPS) is 10.0. The summed E-state index contributed by atoms with van der Waals surface area (Å²) in [6.45, 7) is 1.91. The standard InChI is InChI=1S/C13H11ClN2O2S/c1-8-2-7-11(19-8)13(18)16-15-12(17)9-3-5-10(14)6-4-9/h2-7H,1H3,(H,15,17)(H,16,18). The fraction of sp³-hybridized carbons (Fsp3) is 0.0769. The molecular formula is C13H11ClN2O2S.